The average Bonchev–Trinajstić information content (AvgIpc) is 3.03. The number of hydrogen-bond acceptors (Lipinski definition) is 7. The van der Waals surface area contributed by atoms with Gasteiger partial charge in [0.05, 0.1) is 22.8 Å². The lowest BCUT2D eigenvalue weighted by atomic mass is 10.2. The number of H-pyrrole nitrogens is 1. The maximum Gasteiger partial charge on any atom is 0.326 e. The zero-order chi connectivity index (χ0) is 18.1. The summed E-state index contributed by atoms with van der Waals surface area (Å²) in [5, 5.41) is 1.28. The van der Waals surface area contributed by atoms with Crippen molar-refractivity contribution in [2.75, 3.05) is 31.1 Å². The normalized spacial score (nSPS) is 14.7. The first-order valence-corrected chi connectivity index (χ1v) is 8.47. The fourth-order valence-electron chi connectivity index (χ4n) is 2.91. The summed E-state index contributed by atoms with van der Waals surface area (Å²) in [6.07, 6.45) is 6.16. The molecule has 3 aromatic heterocycles. The highest BCUT2D eigenvalue weighted by Gasteiger charge is 2.24. The van der Waals surface area contributed by atoms with Crippen LogP contribution < -0.4 is 9.64 Å². The summed E-state index contributed by atoms with van der Waals surface area (Å²) in [5.41, 5.74) is 0.584. The van der Waals surface area contributed by atoms with Gasteiger partial charge in [-0.2, -0.15) is 9.97 Å². The first-order chi connectivity index (χ1) is 12.6. The summed E-state index contributed by atoms with van der Waals surface area (Å²) < 4.78 is 5.69. The van der Waals surface area contributed by atoms with Crippen LogP contribution in [0.2, 0.25) is 5.02 Å². The Bertz CT molecular complexity index is 938. The molecule has 9 nitrogen and oxygen atoms in total. The molecular weight excluding hydrogens is 358 g/mol. The van der Waals surface area contributed by atoms with Crippen molar-refractivity contribution in [2.45, 2.75) is 6.92 Å². The lowest BCUT2D eigenvalue weighted by molar-refractivity contribution is -0.129. The van der Waals surface area contributed by atoms with Gasteiger partial charge >= 0.3 is 6.01 Å². The molecule has 1 N–H and O–H groups in total. The molecule has 4 heterocycles. The zero-order valence-corrected chi connectivity index (χ0v) is 14.8. The molecule has 3 aromatic rings. The second-order valence-corrected chi connectivity index (χ2v) is 6.27. The van der Waals surface area contributed by atoms with Crippen molar-refractivity contribution in [1.82, 2.24) is 29.8 Å². The SMILES string of the molecule is CC(=O)N1CCN(c2nc(Oc3cncnc3)nc3[nH]cc(Cl)c23)CC1. The Balaban J connectivity index is 1.68. The zero-order valence-electron chi connectivity index (χ0n) is 14.0. The first kappa shape index (κ1) is 16.5. The van der Waals surface area contributed by atoms with Crippen molar-refractivity contribution in [3.05, 3.63) is 29.9 Å². The molecule has 0 radical (unpaired) electrons. The number of anilines is 1. The van der Waals surface area contributed by atoms with Gasteiger partial charge in [0.2, 0.25) is 5.91 Å². The Morgan fingerprint density at radius 3 is 2.62 bits per heavy atom. The Labute approximate surface area is 154 Å². The first-order valence-electron chi connectivity index (χ1n) is 8.10. The van der Waals surface area contributed by atoms with Crippen LogP contribution in [0.4, 0.5) is 5.82 Å². The highest BCUT2D eigenvalue weighted by atomic mass is 35.5. The van der Waals surface area contributed by atoms with E-state index in [-0.39, 0.29) is 11.9 Å². The number of piperazine rings is 1. The van der Waals surface area contributed by atoms with Gasteiger partial charge in [0.15, 0.2) is 5.75 Å². The number of halogens is 1. The van der Waals surface area contributed by atoms with Gasteiger partial charge in [0.1, 0.15) is 17.8 Å². The molecule has 1 aliphatic rings. The van der Waals surface area contributed by atoms with Gasteiger partial charge in [-0.25, -0.2) is 9.97 Å². The summed E-state index contributed by atoms with van der Waals surface area (Å²) in [5.74, 6) is 1.19. The minimum Gasteiger partial charge on any atom is -0.421 e. The number of rotatable bonds is 3. The molecule has 4 rings (SSSR count). The molecule has 134 valence electrons. The predicted molar refractivity (Wildman–Crippen MR) is 95.5 cm³/mol. The van der Waals surface area contributed by atoms with Gasteiger partial charge in [-0.3, -0.25) is 4.79 Å². The lowest BCUT2D eigenvalue weighted by Gasteiger charge is -2.35. The molecule has 0 spiro atoms. The van der Waals surface area contributed by atoms with Gasteiger partial charge in [-0.1, -0.05) is 11.6 Å². The van der Waals surface area contributed by atoms with Crippen molar-refractivity contribution in [3.63, 3.8) is 0 Å². The van der Waals surface area contributed by atoms with E-state index in [4.69, 9.17) is 16.3 Å². The molecule has 1 aliphatic heterocycles. The van der Waals surface area contributed by atoms with E-state index in [9.17, 15) is 4.79 Å². The third kappa shape index (κ3) is 3.13. The third-order valence-electron chi connectivity index (χ3n) is 4.21. The van der Waals surface area contributed by atoms with Crippen LogP contribution in [0.5, 0.6) is 11.8 Å². The van der Waals surface area contributed by atoms with E-state index in [0.29, 0.717) is 48.4 Å². The van der Waals surface area contributed by atoms with Gasteiger partial charge in [0, 0.05) is 39.3 Å². The number of carbonyl (C=O) groups excluding carboxylic acids is 1. The number of aromatic amines is 1. The van der Waals surface area contributed by atoms with Gasteiger partial charge in [-0.15, -0.1) is 0 Å². The number of amides is 1. The van der Waals surface area contributed by atoms with E-state index >= 15 is 0 Å². The van der Waals surface area contributed by atoms with Gasteiger partial charge in [-0.05, 0) is 0 Å². The molecule has 0 aliphatic carbocycles. The van der Waals surface area contributed by atoms with Crippen LogP contribution in [-0.4, -0.2) is 61.9 Å². The van der Waals surface area contributed by atoms with Crippen molar-refractivity contribution in [1.29, 1.82) is 0 Å². The minimum absolute atomic E-state index is 0.0743. The van der Waals surface area contributed by atoms with E-state index < -0.39 is 0 Å². The van der Waals surface area contributed by atoms with Crippen molar-refractivity contribution in [2.24, 2.45) is 0 Å². The number of carbonyl (C=O) groups is 1. The van der Waals surface area contributed by atoms with Crippen molar-refractivity contribution < 1.29 is 9.53 Å². The monoisotopic (exact) mass is 373 g/mol. The summed E-state index contributed by atoms with van der Waals surface area (Å²) in [6, 6.07) is 0.176. The largest absolute Gasteiger partial charge is 0.421 e. The van der Waals surface area contributed by atoms with Crippen LogP contribution in [-0.2, 0) is 4.79 Å². The van der Waals surface area contributed by atoms with Gasteiger partial charge < -0.3 is 19.5 Å². The van der Waals surface area contributed by atoms with Crippen LogP contribution in [0.3, 0.4) is 0 Å². The molecule has 0 aromatic carbocycles. The molecule has 1 fully saturated rings. The molecule has 1 amide bonds. The highest BCUT2D eigenvalue weighted by Crippen LogP contribution is 2.33. The van der Waals surface area contributed by atoms with Crippen molar-refractivity contribution in [3.8, 4) is 11.8 Å². The Kier molecular flexibility index (Phi) is 4.29. The molecule has 1 saturated heterocycles. The van der Waals surface area contributed by atoms with E-state index in [1.54, 1.807) is 13.1 Å². The Hall–Kier alpha value is -2.94. The maximum atomic E-state index is 11.5. The van der Waals surface area contributed by atoms with Crippen LogP contribution in [0.25, 0.3) is 11.0 Å². The molecule has 10 heteroatoms. The standard InChI is InChI=1S/C16H16ClN7O2/c1-10(25)23-2-4-24(5-3-23)15-13-12(17)8-20-14(13)21-16(22-15)26-11-6-18-9-19-7-11/h6-9H,2-5H2,1H3,(H,20,21,22). The molecular formula is C16H16ClN7O2. The summed E-state index contributed by atoms with van der Waals surface area (Å²) in [4.78, 5) is 35.2. The van der Waals surface area contributed by atoms with E-state index in [0.717, 1.165) is 5.39 Å². The molecule has 26 heavy (non-hydrogen) atoms. The summed E-state index contributed by atoms with van der Waals surface area (Å²) in [6.45, 7) is 4.15. The highest BCUT2D eigenvalue weighted by molar-refractivity contribution is 6.36. The van der Waals surface area contributed by atoms with E-state index in [1.807, 2.05) is 4.90 Å². The molecule has 0 atom stereocenters. The molecule has 0 saturated carbocycles. The smallest absolute Gasteiger partial charge is 0.326 e. The van der Waals surface area contributed by atoms with Crippen LogP contribution >= 0.6 is 11.6 Å². The molecule has 0 bridgehead atoms. The minimum atomic E-state index is 0.0743. The van der Waals surface area contributed by atoms with Crippen LogP contribution in [0, 0.1) is 0 Å². The van der Waals surface area contributed by atoms with Crippen LogP contribution in [0.15, 0.2) is 24.9 Å². The Morgan fingerprint density at radius 2 is 1.92 bits per heavy atom. The summed E-state index contributed by atoms with van der Waals surface area (Å²) in [7, 11) is 0. The number of nitrogens with zero attached hydrogens (tertiary/aromatic N) is 6. The van der Waals surface area contributed by atoms with E-state index in [2.05, 4.69) is 29.8 Å². The number of nitrogens with one attached hydrogen (secondary N) is 1. The second kappa shape index (κ2) is 6.75. The number of ether oxygens (including phenoxy) is 1. The fraction of sp³-hybridized carbons (Fsp3) is 0.312. The fourth-order valence-corrected chi connectivity index (χ4v) is 3.14. The Morgan fingerprint density at radius 1 is 1.19 bits per heavy atom. The number of aromatic nitrogens is 5. The topological polar surface area (TPSA) is 100 Å². The van der Waals surface area contributed by atoms with Crippen LogP contribution in [0.1, 0.15) is 6.92 Å². The van der Waals surface area contributed by atoms with Crippen molar-refractivity contribution >= 4 is 34.4 Å². The maximum absolute atomic E-state index is 11.5. The summed E-state index contributed by atoms with van der Waals surface area (Å²) >= 11 is 6.33. The average molecular weight is 374 g/mol. The number of hydrogen-bond donors (Lipinski definition) is 1. The van der Waals surface area contributed by atoms with Gasteiger partial charge in [0.25, 0.3) is 0 Å². The second-order valence-electron chi connectivity index (χ2n) is 5.86. The third-order valence-corrected chi connectivity index (χ3v) is 4.51. The number of fused-ring (bicyclic) bond motifs is 1. The van der Waals surface area contributed by atoms with E-state index in [1.165, 1.54) is 18.7 Å². The quantitative estimate of drug-likeness (QED) is 0.747. The molecule has 0 unspecified atom stereocenters. The lowest BCUT2D eigenvalue weighted by Crippen LogP contribution is -2.48. The predicted octanol–water partition coefficient (Wildman–Crippen LogP) is 1.86.